The molecule has 0 aromatic heterocycles. The molecule has 2 heteroatoms. The van der Waals surface area contributed by atoms with E-state index in [0.717, 1.165) is 5.02 Å². The van der Waals surface area contributed by atoms with Crippen molar-refractivity contribution in [2.45, 2.75) is 30.7 Å². The van der Waals surface area contributed by atoms with Crippen molar-refractivity contribution >= 4 is 11.6 Å². The Morgan fingerprint density at radius 1 is 0.952 bits per heavy atom. The van der Waals surface area contributed by atoms with Crippen molar-refractivity contribution in [3.05, 3.63) is 70.2 Å². The maximum Gasteiger partial charge on any atom is 0.0444 e. The van der Waals surface area contributed by atoms with E-state index in [4.69, 9.17) is 11.6 Å². The van der Waals surface area contributed by atoms with Crippen LogP contribution in [0.2, 0.25) is 5.02 Å². The van der Waals surface area contributed by atoms with Crippen molar-refractivity contribution in [3.8, 4) is 0 Å². The third-order valence-corrected chi connectivity index (χ3v) is 5.70. The number of hydrogen-bond acceptors (Lipinski definition) is 1. The van der Waals surface area contributed by atoms with Crippen LogP contribution >= 0.6 is 11.6 Å². The van der Waals surface area contributed by atoms with Crippen molar-refractivity contribution in [3.63, 3.8) is 0 Å². The zero-order valence-electron chi connectivity index (χ0n) is 12.3. The molecule has 3 atom stereocenters. The van der Waals surface area contributed by atoms with E-state index in [-0.39, 0.29) is 0 Å². The zero-order valence-corrected chi connectivity index (χ0v) is 13.1. The minimum atomic E-state index is 0.427. The molecule has 0 radical (unpaired) electrons. The van der Waals surface area contributed by atoms with E-state index in [2.05, 4.69) is 48.3 Å². The van der Waals surface area contributed by atoms with Crippen LogP contribution in [0.3, 0.4) is 0 Å². The van der Waals surface area contributed by atoms with E-state index in [1.165, 1.54) is 30.5 Å². The molecule has 1 aliphatic carbocycles. The third kappa shape index (κ3) is 2.11. The Hall–Kier alpha value is -1.31. The molecule has 2 aromatic rings. The predicted molar refractivity (Wildman–Crippen MR) is 88.1 cm³/mol. The Kier molecular flexibility index (Phi) is 3.28. The first-order valence-corrected chi connectivity index (χ1v) is 8.17. The van der Waals surface area contributed by atoms with Crippen LogP contribution in [-0.2, 0) is 0 Å². The van der Waals surface area contributed by atoms with Crippen LogP contribution in [0.4, 0.5) is 0 Å². The Balaban J connectivity index is 1.85. The highest BCUT2D eigenvalue weighted by molar-refractivity contribution is 6.31. The largest absolute Gasteiger partial charge is 0.303 e. The van der Waals surface area contributed by atoms with Crippen LogP contribution in [-0.4, -0.2) is 24.5 Å². The molecule has 2 aliphatic rings. The summed E-state index contributed by atoms with van der Waals surface area (Å²) >= 11 is 6.49. The van der Waals surface area contributed by atoms with E-state index in [0.29, 0.717) is 17.9 Å². The standard InChI is InChI=1S/C19H20ClN/c1-21-11-10-16-13-6-2-3-7-14(13)17(12-19(16)21)15-8-4-5-9-18(15)20/h2-9,16-17,19H,10-12H2,1H3/t16-,17+,19+/m1/s1. The molecule has 4 rings (SSSR count). The lowest BCUT2D eigenvalue weighted by atomic mass is 9.71. The maximum absolute atomic E-state index is 6.49. The van der Waals surface area contributed by atoms with E-state index in [9.17, 15) is 0 Å². The summed E-state index contributed by atoms with van der Waals surface area (Å²) in [6, 6.07) is 18.0. The summed E-state index contributed by atoms with van der Waals surface area (Å²) in [6.07, 6.45) is 2.47. The highest BCUT2D eigenvalue weighted by Crippen LogP contribution is 2.48. The molecule has 0 N–H and O–H groups in total. The quantitative estimate of drug-likeness (QED) is 0.740. The maximum atomic E-state index is 6.49. The van der Waals surface area contributed by atoms with Crippen molar-refractivity contribution in [1.29, 1.82) is 0 Å². The summed E-state index contributed by atoms with van der Waals surface area (Å²) in [4.78, 5) is 2.53. The SMILES string of the molecule is CN1CC[C@@H]2c3ccccc3[C@@H](c3ccccc3Cl)C[C@@H]21. The molecule has 1 fully saturated rings. The molecular formula is C19H20ClN. The van der Waals surface area contributed by atoms with Crippen LogP contribution in [0.1, 0.15) is 41.4 Å². The Bertz CT molecular complexity index is 666. The zero-order chi connectivity index (χ0) is 14.4. The third-order valence-electron chi connectivity index (χ3n) is 5.35. The first-order valence-electron chi connectivity index (χ1n) is 7.79. The first-order chi connectivity index (χ1) is 10.3. The van der Waals surface area contributed by atoms with Gasteiger partial charge in [-0.3, -0.25) is 0 Å². The molecule has 1 heterocycles. The number of fused-ring (bicyclic) bond motifs is 3. The van der Waals surface area contributed by atoms with Crippen molar-refractivity contribution in [1.82, 2.24) is 4.90 Å². The number of benzene rings is 2. The molecule has 1 nitrogen and oxygen atoms in total. The summed E-state index contributed by atoms with van der Waals surface area (Å²) in [5.74, 6) is 1.13. The van der Waals surface area contributed by atoms with Crippen molar-refractivity contribution in [2.24, 2.45) is 0 Å². The van der Waals surface area contributed by atoms with E-state index < -0.39 is 0 Å². The molecule has 0 saturated carbocycles. The number of halogens is 1. The lowest BCUT2D eigenvalue weighted by molar-refractivity contribution is 0.265. The summed E-state index contributed by atoms with van der Waals surface area (Å²) < 4.78 is 0. The second kappa shape index (κ2) is 5.15. The van der Waals surface area contributed by atoms with Gasteiger partial charge >= 0.3 is 0 Å². The van der Waals surface area contributed by atoms with Gasteiger partial charge in [0.2, 0.25) is 0 Å². The molecule has 0 bridgehead atoms. The second-order valence-electron chi connectivity index (χ2n) is 6.38. The fourth-order valence-corrected chi connectivity index (χ4v) is 4.57. The summed E-state index contributed by atoms with van der Waals surface area (Å²) in [5.41, 5.74) is 4.32. The lowest BCUT2D eigenvalue weighted by Gasteiger charge is -2.37. The van der Waals surface area contributed by atoms with Gasteiger partial charge in [0, 0.05) is 22.9 Å². The minimum absolute atomic E-state index is 0.427. The number of rotatable bonds is 1. The highest BCUT2D eigenvalue weighted by atomic mass is 35.5. The van der Waals surface area contributed by atoms with Gasteiger partial charge in [-0.2, -0.15) is 0 Å². The van der Waals surface area contributed by atoms with E-state index >= 15 is 0 Å². The fourth-order valence-electron chi connectivity index (χ4n) is 4.30. The van der Waals surface area contributed by atoms with Crippen LogP contribution in [0.15, 0.2) is 48.5 Å². The Morgan fingerprint density at radius 2 is 1.62 bits per heavy atom. The molecule has 0 unspecified atom stereocenters. The normalized spacial score (nSPS) is 28.2. The number of nitrogens with zero attached hydrogens (tertiary/aromatic N) is 1. The number of likely N-dealkylation sites (N-methyl/N-ethyl adjacent to an activating group) is 1. The molecule has 0 amide bonds. The van der Waals surface area contributed by atoms with Crippen LogP contribution in [0.25, 0.3) is 0 Å². The van der Waals surface area contributed by atoms with Gasteiger partial charge in [-0.05, 0) is 49.2 Å². The van der Waals surface area contributed by atoms with Gasteiger partial charge in [-0.15, -0.1) is 0 Å². The van der Waals surface area contributed by atoms with Gasteiger partial charge in [-0.25, -0.2) is 0 Å². The van der Waals surface area contributed by atoms with Gasteiger partial charge in [0.25, 0.3) is 0 Å². The van der Waals surface area contributed by atoms with Gasteiger partial charge < -0.3 is 4.90 Å². The summed E-state index contributed by atoms with van der Waals surface area (Å²) in [5, 5.41) is 0.899. The lowest BCUT2D eigenvalue weighted by Crippen LogP contribution is -2.34. The van der Waals surface area contributed by atoms with Crippen LogP contribution in [0.5, 0.6) is 0 Å². The van der Waals surface area contributed by atoms with Crippen molar-refractivity contribution < 1.29 is 0 Å². The van der Waals surface area contributed by atoms with E-state index in [1.54, 1.807) is 5.56 Å². The van der Waals surface area contributed by atoms with E-state index in [1.807, 2.05) is 12.1 Å². The molecular weight excluding hydrogens is 278 g/mol. The van der Waals surface area contributed by atoms with Crippen LogP contribution < -0.4 is 0 Å². The number of hydrogen-bond donors (Lipinski definition) is 0. The van der Waals surface area contributed by atoms with Crippen LogP contribution in [0, 0.1) is 0 Å². The van der Waals surface area contributed by atoms with Gasteiger partial charge in [0.1, 0.15) is 0 Å². The average Bonchev–Trinajstić information content (AvgIpc) is 2.89. The van der Waals surface area contributed by atoms with Gasteiger partial charge in [0.05, 0.1) is 0 Å². The fraction of sp³-hybridized carbons (Fsp3) is 0.368. The first kappa shape index (κ1) is 13.4. The summed E-state index contributed by atoms with van der Waals surface area (Å²) in [6.45, 7) is 1.21. The summed E-state index contributed by atoms with van der Waals surface area (Å²) in [7, 11) is 2.27. The molecule has 21 heavy (non-hydrogen) atoms. The smallest absolute Gasteiger partial charge is 0.0444 e. The topological polar surface area (TPSA) is 3.24 Å². The molecule has 1 saturated heterocycles. The predicted octanol–water partition coefficient (Wildman–Crippen LogP) is 4.66. The highest BCUT2D eigenvalue weighted by Gasteiger charge is 2.41. The number of likely N-dealkylation sites (tertiary alicyclic amines) is 1. The Morgan fingerprint density at radius 3 is 2.38 bits per heavy atom. The minimum Gasteiger partial charge on any atom is -0.303 e. The molecule has 108 valence electrons. The monoisotopic (exact) mass is 297 g/mol. The van der Waals surface area contributed by atoms with Gasteiger partial charge in [0.15, 0.2) is 0 Å². The van der Waals surface area contributed by atoms with Gasteiger partial charge in [-0.1, -0.05) is 54.1 Å². The molecule has 1 aliphatic heterocycles. The second-order valence-corrected chi connectivity index (χ2v) is 6.79. The molecule has 0 spiro atoms. The Labute approximate surface area is 131 Å². The average molecular weight is 298 g/mol. The molecule has 2 aromatic carbocycles. The van der Waals surface area contributed by atoms with Crippen molar-refractivity contribution in [2.75, 3.05) is 13.6 Å².